The van der Waals surface area contributed by atoms with Gasteiger partial charge < -0.3 is 19.7 Å². The van der Waals surface area contributed by atoms with Gasteiger partial charge in [0.25, 0.3) is 0 Å². The van der Waals surface area contributed by atoms with Gasteiger partial charge >= 0.3 is 0 Å². The summed E-state index contributed by atoms with van der Waals surface area (Å²) in [5, 5.41) is 2.92. The smallest absolute Gasteiger partial charge is 0.225 e. The molecule has 1 unspecified atom stereocenters. The van der Waals surface area contributed by atoms with Crippen molar-refractivity contribution >= 4 is 24.0 Å². The summed E-state index contributed by atoms with van der Waals surface area (Å²) in [4.78, 5) is 14.5. The summed E-state index contributed by atoms with van der Waals surface area (Å²) in [5.41, 5.74) is 0.702. The number of rotatable bonds is 6. The molecule has 5 nitrogen and oxygen atoms in total. The Hall–Kier alpha value is -1.46. The molecule has 0 aliphatic carbocycles. The van der Waals surface area contributed by atoms with Crippen molar-refractivity contribution in [2.24, 2.45) is 5.92 Å². The predicted molar refractivity (Wildman–Crippen MR) is 94.9 cm³/mol. The van der Waals surface area contributed by atoms with E-state index in [1.807, 2.05) is 0 Å². The highest BCUT2D eigenvalue weighted by Crippen LogP contribution is 2.25. The van der Waals surface area contributed by atoms with Crippen molar-refractivity contribution in [3.63, 3.8) is 0 Å². The van der Waals surface area contributed by atoms with Gasteiger partial charge in [0.1, 0.15) is 11.5 Å². The number of hydrogen-bond donors (Lipinski definition) is 1. The molecular formula is C17H27ClN2O3. The molecule has 0 bridgehead atoms. The van der Waals surface area contributed by atoms with E-state index in [2.05, 4.69) is 17.1 Å². The van der Waals surface area contributed by atoms with E-state index in [4.69, 9.17) is 9.47 Å². The molecule has 1 atom stereocenters. The van der Waals surface area contributed by atoms with Crippen molar-refractivity contribution in [1.29, 1.82) is 0 Å². The highest BCUT2D eigenvalue weighted by Gasteiger charge is 2.17. The summed E-state index contributed by atoms with van der Waals surface area (Å²) in [7, 11) is 3.19. The molecule has 6 heteroatoms. The maximum atomic E-state index is 12.1. The lowest BCUT2D eigenvalue weighted by Crippen LogP contribution is -2.36. The van der Waals surface area contributed by atoms with E-state index in [-0.39, 0.29) is 18.3 Å². The van der Waals surface area contributed by atoms with Gasteiger partial charge in [0.15, 0.2) is 0 Å². The van der Waals surface area contributed by atoms with Crippen molar-refractivity contribution < 1.29 is 14.3 Å². The van der Waals surface area contributed by atoms with E-state index in [1.54, 1.807) is 32.4 Å². The fraction of sp³-hybridized carbons (Fsp3) is 0.588. The Balaban J connectivity index is 0.00000264. The van der Waals surface area contributed by atoms with Crippen LogP contribution < -0.4 is 14.8 Å². The third kappa shape index (κ3) is 6.28. The molecule has 0 saturated carbocycles. The van der Waals surface area contributed by atoms with Gasteiger partial charge in [-0.05, 0) is 25.3 Å². The molecule has 1 aliphatic rings. The molecule has 2 rings (SSSR count). The standard InChI is InChI=1S/C17H26N2O3.ClH/c1-13-5-4-7-19(12-13)8-6-17(20)18-14-9-15(21-2)11-16(10-14)22-3;/h9-11,13H,4-8,12H2,1-3H3,(H,18,20);1H. The zero-order valence-corrected chi connectivity index (χ0v) is 14.9. The monoisotopic (exact) mass is 342 g/mol. The van der Waals surface area contributed by atoms with Crippen LogP contribution in [0.4, 0.5) is 5.69 Å². The van der Waals surface area contributed by atoms with Gasteiger partial charge in [-0.3, -0.25) is 4.79 Å². The minimum atomic E-state index is 0. The zero-order chi connectivity index (χ0) is 15.9. The average Bonchev–Trinajstić information content (AvgIpc) is 2.52. The number of piperidine rings is 1. The Bertz CT molecular complexity index is 488. The number of methoxy groups -OCH3 is 2. The van der Waals surface area contributed by atoms with Crippen molar-refractivity contribution in [3.8, 4) is 11.5 Å². The van der Waals surface area contributed by atoms with E-state index in [1.165, 1.54) is 12.8 Å². The van der Waals surface area contributed by atoms with Crippen LogP contribution in [0, 0.1) is 5.92 Å². The Morgan fingerprint density at radius 2 is 1.91 bits per heavy atom. The van der Waals surface area contributed by atoms with Crippen LogP contribution in [0.1, 0.15) is 26.2 Å². The summed E-state index contributed by atoms with van der Waals surface area (Å²) in [6.07, 6.45) is 3.04. The van der Waals surface area contributed by atoms with E-state index in [0.717, 1.165) is 25.6 Å². The number of nitrogens with zero attached hydrogens (tertiary/aromatic N) is 1. The quantitative estimate of drug-likeness (QED) is 0.862. The third-order valence-corrected chi connectivity index (χ3v) is 4.03. The van der Waals surface area contributed by atoms with E-state index >= 15 is 0 Å². The van der Waals surface area contributed by atoms with Crippen molar-refractivity contribution in [2.75, 3.05) is 39.2 Å². The van der Waals surface area contributed by atoms with Gasteiger partial charge in [-0.1, -0.05) is 6.92 Å². The number of ether oxygens (including phenoxy) is 2. The number of carbonyl (C=O) groups is 1. The Kier molecular flexibility index (Phi) is 8.20. The molecule has 1 amide bonds. The zero-order valence-electron chi connectivity index (χ0n) is 14.1. The Morgan fingerprint density at radius 1 is 1.26 bits per heavy atom. The molecular weight excluding hydrogens is 316 g/mol. The lowest BCUT2D eigenvalue weighted by molar-refractivity contribution is -0.116. The Labute approximate surface area is 144 Å². The van der Waals surface area contributed by atoms with Crippen LogP contribution in [0.15, 0.2) is 18.2 Å². The van der Waals surface area contributed by atoms with Gasteiger partial charge in [-0.15, -0.1) is 12.4 Å². The molecule has 1 saturated heterocycles. The molecule has 1 fully saturated rings. The number of nitrogens with one attached hydrogen (secondary N) is 1. The molecule has 0 spiro atoms. The molecule has 0 radical (unpaired) electrons. The first-order valence-electron chi connectivity index (χ1n) is 7.86. The first-order valence-corrected chi connectivity index (χ1v) is 7.86. The summed E-state index contributed by atoms with van der Waals surface area (Å²) in [6.45, 7) is 5.29. The van der Waals surface area contributed by atoms with Crippen LogP contribution in [0.5, 0.6) is 11.5 Å². The van der Waals surface area contributed by atoms with Crippen LogP contribution in [0.2, 0.25) is 0 Å². The van der Waals surface area contributed by atoms with Crippen LogP contribution >= 0.6 is 12.4 Å². The minimum Gasteiger partial charge on any atom is -0.497 e. The van der Waals surface area contributed by atoms with Gasteiger partial charge in [0.05, 0.1) is 14.2 Å². The average molecular weight is 343 g/mol. The second-order valence-corrected chi connectivity index (χ2v) is 5.95. The number of anilines is 1. The first-order chi connectivity index (χ1) is 10.6. The van der Waals surface area contributed by atoms with Crippen LogP contribution in [0.25, 0.3) is 0 Å². The fourth-order valence-electron chi connectivity index (χ4n) is 2.85. The van der Waals surface area contributed by atoms with Gasteiger partial charge in [-0.2, -0.15) is 0 Å². The normalized spacial score (nSPS) is 18.0. The van der Waals surface area contributed by atoms with Crippen molar-refractivity contribution in [2.45, 2.75) is 26.2 Å². The maximum absolute atomic E-state index is 12.1. The SMILES string of the molecule is COc1cc(NC(=O)CCN2CCCC(C)C2)cc(OC)c1.Cl. The molecule has 1 aliphatic heterocycles. The third-order valence-electron chi connectivity index (χ3n) is 4.03. The first kappa shape index (κ1) is 19.6. The van der Waals surface area contributed by atoms with Crippen LogP contribution in [0.3, 0.4) is 0 Å². The lowest BCUT2D eigenvalue weighted by Gasteiger charge is -2.30. The lowest BCUT2D eigenvalue weighted by atomic mass is 10.0. The molecule has 1 aromatic carbocycles. The van der Waals surface area contributed by atoms with E-state index < -0.39 is 0 Å². The molecule has 23 heavy (non-hydrogen) atoms. The molecule has 1 N–H and O–H groups in total. The summed E-state index contributed by atoms with van der Waals surface area (Å²) in [5.74, 6) is 2.09. The number of amides is 1. The highest BCUT2D eigenvalue weighted by molar-refractivity contribution is 5.91. The van der Waals surface area contributed by atoms with Crippen molar-refractivity contribution in [3.05, 3.63) is 18.2 Å². The molecule has 1 heterocycles. The second kappa shape index (κ2) is 9.63. The predicted octanol–water partition coefficient (Wildman–Crippen LogP) is 3.19. The van der Waals surface area contributed by atoms with E-state index in [9.17, 15) is 4.79 Å². The minimum absolute atomic E-state index is 0. The molecule has 130 valence electrons. The molecule has 0 aromatic heterocycles. The highest BCUT2D eigenvalue weighted by atomic mass is 35.5. The van der Waals surface area contributed by atoms with Crippen molar-refractivity contribution in [1.82, 2.24) is 4.90 Å². The fourth-order valence-corrected chi connectivity index (χ4v) is 2.85. The van der Waals surface area contributed by atoms with Gasteiger partial charge in [0.2, 0.25) is 5.91 Å². The topological polar surface area (TPSA) is 50.8 Å². The summed E-state index contributed by atoms with van der Waals surface area (Å²) >= 11 is 0. The number of benzene rings is 1. The number of hydrogen-bond acceptors (Lipinski definition) is 4. The van der Waals surface area contributed by atoms with Gasteiger partial charge in [0, 0.05) is 43.4 Å². The van der Waals surface area contributed by atoms with Gasteiger partial charge in [-0.25, -0.2) is 0 Å². The summed E-state index contributed by atoms with van der Waals surface area (Å²) in [6, 6.07) is 5.37. The Morgan fingerprint density at radius 3 is 2.48 bits per heavy atom. The van der Waals surface area contributed by atoms with E-state index in [0.29, 0.717) is 23.6 Å². The maximum Gasteiger partial charge on any atom is 0.225 e. The number of carbonyl (C=O) groups excluding carboxylic acids is 1. The molecule has 1 aromatic rings. The van der Waals surface area contributed by atoms with Crippen LogP contribution in [-0.4, -0.2) is 44.7 Å². The van der Waals surface area contributed by atoms with Crippen LogP contribution in [-0.2, 0) is 4.79 Å². The number of halogens is 1. The number of likely N-dealkylation sites (tertiary alicyclic amines) is 1. The largest absolute Gasteiger partial charge is 0.497 e. The summed E-state index contributed by atoms with van der Waals surface area (Å²) < 4.78 is 10.4. The second-order valence-electron chi connectivity index (χ2n) is 5.95.